The average Bonchev–Trinajstić information content (AvgIpc) is 3.19. The molecule has 1 aromatic heterocycles. The van der Waals surface area contributed by atoms with Crippen LogP contribution in [0.4, 0.5) is 24.5 Å². The van der Waals surface area contributed by atoms with Crippen LogP contribution in [0.3, 0.4) is 0 Å². The average molecular weight is 288 g/mol. The monoisotopic (exact) mass is 288 g/mol. The Morgan fingerprint density at radius 1 is 1.40 bits per heavy atom. The summed E-state index contributed by atoms with van der Waals surface area (Å²) in [6.07, 6.45) is -1.73. The molecule has 0 atom stereocenters. The molecule has 0 bridgehead atoms. The minimum atomic E-state index is -4.51. The van der Waals surface area contributed by atoms with E-state index >= 15 is 0 Å². The van der Waals surface area contributed by atoms with E-state index in [4.69, 9.17) is 5.73 Å². The van der Waals surface area contributed by atoms with Crippen LogP contribution in [0.25, 0.3) is 0 Å². The molecule has 20 heavy (non-hydrogen) atoms. The topological polar surface area (TPSA) is 80.0 Å². The summed E-state index contributed by atoms with van der Waals surface area (Å²) in [6, 6.07) is 0.859. The standard InChI is InChI=1S/C12H15F3N4O/c13-12(14,15)10-5-9(8(16)6-19-10)17-3-4-18-11(20)7-1-2-7/h5-7H,1-4,16H2,(H,17,19)(H,18,20). The summed E-state index contributed by atoms with van der Waals surface area (Å²) in [7, 11) is 0. The van der Waals surface area contributed by atoms with E-state index in [1.807, 2.05) is 0 Å². The van der Waals surface area contributed by atoms with E-state index in [-0.39, 0.29) is 23.2 Å². The minimum absolute atomic E-state index is 0.00881. The van der Waals surface area contributed by atoms with Gasteiger partial charge in [-0.3, -0.25) is 4.79 Å². The number of aromatic nitrogens is 1. The van der Waals surface area contributed by atoms with Crippen molar-refractivity contribution >= 4 is 17.3 Å². The van der Waals surface area contributed by atoms with Gasteiger partial charge in [-0.25, -0.2) is 4.98 Å². The third-order valence-corrected chi connectivity index (χ3v) is 2.91. The van der Waals surface area contributed by atoms with Crippen molar-refractivity contribution in [2.45, 2.75) is 19.0 Å². The molecular formula is C12H15F3N4O. The highest BCUT2D eigenvalue weighted by Gasteiger charge is 2.33. The third-order valence-electron chi connectivity index (χ3n) is 2.91. The molecule has 2 rings (SSSR count). The van der Waals surface area contributed by atoms with Crippen LogP contribution in [0, 0.1) is 5.92 Å². The molecule has 1 saturated carbocycles. The minimum Gasteiger partial charge on any atom is -0.396 e. The number of nitrogens with two attached hydrogens (primary N) is 1. The van der Waals surface area contributed by atoms with E-state index < -0.39 is 11.9 Å². The number of nitrogen functional groups attached to an aromatic ring is 1. The Morgan fingerprint density at radius 2 is 2.10 bits per heavy atom. The zero-order valence-corrected chi connectivity index (χ0v) is 10.6. The maximum atomic E-state index is 12.5. The Labute approximate surface area is 113 Å². The number of rotatable bonds is 5. The molecule has 1 heterocycles. The molecule has 5 nitrogen and oxygen atoms in total. The Kier molecular flexibility index (Phi) is 4.01. The van der Waals surface area contributed by atoms with Gasteiger partial charge >= 0.3 is 6.18 Å². The quantitative estimate of drug-likeness (QED) is 0.719. The van der Waals surface area contributed by atoms with Crippen LogP contribution in [-0.4, -0.2) is 24.0 Å². The van der Waals surface area contributed by atoms with Crippen molar-refractivity contribution < 1.29 is 18.0 Å². The molecule has 0 aromatic carbocycles. The number of amides is 1. The van der Waals surface area contributed by atoms with Gasteiger partial charge in [0.2, 0.25) is 5.91 Å². The van der Waals surface area contributed by atoms with Gasteiger partial charge in [0.05, 0.1) is 17.6 Å². The van der Waals surface area contributed by atoms with E-state index in [0.717, 1.165) is 25.1 Å². The van der Waals surface area contributed by atoms with Crippen LogP contribution in [0.5, 0.6) is 0 Å². The van der Waals surface area contributed by atoms with Crippen molar-refractivity contribution in [1.29, 1.82) is 0 Å². The van der Waals surface area contributed by atoms with Crippen molar-refractivity contribution in [3.8, 4) is 0 Å². The normalized spacial score (nSPS) is 14.9. The Bertz CT molecular complexity index is 500. The van der Waals surface area contributed by atoms with Crippen molar-refractivity contribution in [1.82, 2.24) is 10.3 Å². The number of nitrogens with zero attached hydrogens (tertiary/aromatic N) is 1. The number of alkyl halides is 3. The molecule has 0 unspecified atom stereocenters. The molecule has 1 aliphatic carbocycles. The van der Waals surface area contributed by atoms with E-state index in [1.165, 1.54) is 0 Å². The first kappa shape index (κ1) is 14.4. The number of carbonyl (C=O) groups is 1. The van der Waals surface area contributed by atoms with Crippen LogP contribution < -0.4 is 16.4 Å². The smallest absolute Gasteiger partial charge is 0.396 e. The van der Waals surface area contributed by atoms with Crippen molar-refractivity contribution in [2.75, 3.05) is 24.1 Å². The van der Waals surface area contributed by atoms with Gasteiger partial charge < -0.3 is 16.4 Å². The number of pyridine rings is 1. The number of halogens is 3. The molecule has 8 heteroatoms. The lowest BCUT2D eigenvalue weighted by Gasteiger charge is -2.12. The molecule has 1 aliphatic rings. The maximum Gasteiger partial charge on any atom is 0.433 e. The van der Waals surface area contributed by atoms with Gasteiger partial charge in [-0.05, 0) is 18.9 Å². The Morgan fingerprint density at radius 3 is 2.70 bits per heavy atom. The molecule has 4 N–H and O–H groups in total. The van der Waals surface area contributed by atoms with Crippen LogP contribution in [0.15, 0.2) is 12.3 Å². The van der Waals surface area contributed by atoms with Crippen molar-refractivity contribution in [3.63, 3.8) is 0 Å². The van der Waals surface area contributed by atoms with E-state index in [1.54, 1.807) is 0 Å². The molecule has 0 aliphatic heterocycles. The van der Waals surface area contributed by atoms with Crippen molar-refractivity contribution in [3.05, 3.63) is 18.0 Å². The summed E-state index contributed by atoms with van der Waals surface area (Å²) in [5.74, 6) is 0.100. The Balaban J connectivity index is 1.86. The van der Waals surface area contributed by atoms with Crippen LogP contribution in [0.1, 0.15) is 18.5 Å². The summed E-state index contributed by atoms with van der Waals surface area (Å²) in [4.78, 5) is 14.6. The van der Waals surface area contributed by atoms with E-state index in [0.29, 0.717) is 13.1 Å². The predicted octanol–water partition coefficient (Wildman–Crippen LogP) is 1.62. The number of hydrogen-bond donors (Lipinski definition) is 3. The Hall–Kier alpha value is -1.99. The van der Waals surface area contributed by atoms with Crippen molar-refractivity contribution in [2.24, 2.45) is 5.92 Å². The first-order valence-corrected chi connectivity index (χ1v) is 6.22. The molecule has 0 radical (unpaired) electrons. The van der Waals surface area contributed by atoms with Crippen LogP contribution in [0.2, 0.25) is 0 Å². The van der Waals surface area contributed by atoms with Gasteiger partial charge in [-0.1, -0.05) is 0 Å². The molecule has 110 valence electrons. The fourth-order valence-corrected chi connectivity index (χ4v) is 1.65. The lowest BCUT2D eigenvalue weighted by Crippen LogP contribution is -2.30. The van der Waals surface area contributed by atoms with Crippen LogP contribution >= 0.6 is 0 Å². The first-order valence-electron chi connectivity index (χ1n) is 6.22. The summed E-state index contributed by atoms with van der Waals surface area (Å²) in [5.41, 5.74) is 4.84. The summed E-state index contributed by atoms with van der Waals surface area (Å²) >= 11 is 0. The molecule has 1 fully saturated rings. The van der Waals surface area contributed by atoms with Gasteiger partial charge in [-0.15, -0.1) is 0 Å². The molecular weight excluding hydrogens is 273 g/mol. The van der Waals surface area contributed by atoms with Gasteiger partial charge in [0.25, 0.3) is 0 Å². The molecule has 0 saturated heterocycles. The highest BCUT2D eigenvalue weighted by molar-refractivity contribution is 5.80. The first-order chi connectivity index (χ1) is 9.38. The molecule has 1 aromatic rings. The zero-order valence-electron chi connectivity index (χ0n) is 10.6. The zero-order chi connectivity index (χ0) is 14.8. The number of nitrogens with one attached hydrogen (secondary N) is 2. The van der Waals surface area contributed by atoms with Crippen LogP contribution in [-0.2, 0) is 11.0 Å². The van der Waals surface area contributed by atoms with Gasteiger partial charge in [0.15, 0.2) is 0 Å². The van der Waals surface area contributed by atoms with E-state index in [2.05, 4.69) is 15.6 Å². The fraction of sp³-hybridized carbons (Fsp3) is 0.500. The number of hydrogen-bond acceptors (Lipinski definition) is 4. The van der Waals surface area contributed by atoms with Gasteiger partial charge in [0.1, 0.15) is 5.69 Å². The third kappa shape index (κ3) is 3.75. The summed E-state index contributed by atoms with van der Waals surface area (Å²) in [6.45, 7) is 0.627. The lowest BCUT2D eigenvalue weighted by atomic mass is 10.2. The largest absolute Gasteiger partial charge is 0.433 e. The van der Waals surface area contributed by atoms with E-state index in [9.17, 15) is 18.0 Å². The highest BCUT2D eigenvalue weighted by atomic mass is 19.4. The lowest BCUT2D eigenvalue weighted by molar-refractivity contribution is -0.141. The SMILES string of the molecule is Nc1cnc(C(F)(F)F)cc1NCCNC(=O)C1CC1. The molecule has 0 spiro atoms. The highest BCUT2D eigenvalue weighted by Crippen LogP contribution is 2.31. The number of anilines is 2. The molecule has 1 amide bonds. The predicted molar refractivity (Wildman–Crippen MR) is 67.9 cm³/mol. The summed E-state index contributed by atoms with van der Waals surface area (Å²) in [5, 5.41) is 5.46. The second-order valence-electron chi connectivity index (χ2n) is 4.65. The fourth-order valence-electron chi connectivity index (χ4n) is 1.65. The number of carbonyl (C=O) groups excluding carboxylic acids is 1. The van der Waals surface area contributed by atoms with Gasteiger partial charge in [-0.2, -0.15) is 13.2 Å². The second kappa shape index (κ2) is 5.56. The second-order valence-corrected chi connectivity index (χ2v) is 4.65. The van der Waals surface area contributed by atoms with Gasteiger partial charge in [0, 0.05) is 19.0 Å². The maximum absolute atomic E-state index is 12.5. The summed E-state index contributed by atoms with van der Waals surface area (Å²) < 4.78 is 37.5.